The van der Waals surface area contributed by atoms with E-state index in [4.69, 9.17) is 4.74 Å². The Morgan fingerprint density at radius 1 is 1.05 bits per heavy atom. The number of nitrogens with zero attached hydrogens (tertiary/aromatic N) is 4. The van der Waals surface area contributed by atoms with Crippen molar-refractivity contribution in [2.24, 2.45) is 0 Å². The number of anilines is 6. The number of hydrogen-bond acceptors (Lipinski definition) is 9. The lowest BCUT2D eigenvalue weighted by atomic mass is 10.2. The third-order valence-electron chi connectivity index (χ3n) is 5.70. The van der Waals surface area contributed by atoms with Gasteiger partial charge in [-0.1, -0.05) is 18.7 Å². The fourth-order valence-corrected chi connectivity index (χ4v) is 4.86. The molecule has 0 aliphatic heterocycles. The van der Waals surface area contributed by atoms with Crippen LogP contribution in [0, 0.1) is 0 Å². The Labute approximate surface area is 224 Å². The molecule has 0 saturated heterocycles. The largest absolute Gasteiger partial charge is 0.494 e. The van der Waals surface area contributed by atoms with E-state index in [0.717, 1.165) is 29.8 Å². The summed E-state index contributed by atoms with van der Waals surface area (Å²) in [5.74, 6) is 1.08. The highest BCUT2D eigenvalue weighted by atomic mass is 31.2. The lowest BCUT2D eigenvalue weighted by Gasteiger charge is -2.26. The molecule has 0 aliphatic rings. The first-order valence-electron chi connectivity index (χ1n) is 12.0. The number of likely N-dealkylation sites (N-methyl/N-ethyl adjacent to an activating group) is 2. The molecule has 0 spiro atoms. The van der Waals surface area contributed by atoms with Gasteiger partial charge in [-0.2, -0.15) is 4.98 Å². The second kappa shape index (κ2) is 12.6. The van der Waals surface area contributed by atoms with Gasteiger partial charge in [-0.05, 0) is 57.8 Å². The topological polar surface area (TPSA) is 112 Å². The average molecular weight is 538 g/mol. The Morgan fingerprint density at radius 3 is 2.45 bits per heavy atom. The van der Waals surface area contributed by atoms with E-state index in [0.29, 0.717) is 28.9 Å². The first-order chi connectivity index (χ1) is 18.0. The van der Waals surface area contributed by atoms with Crippen molar-refractivity contribution in [1.82, 2.24) is 14.9 Å². The minimum atomic E-state index is -2.50. The molecular weight excluding hydrogens is 501 g/mol. The molecule has 3 N–H and O–H groups in total. The van der Waals surface area contributed by atoms with Crippen LogP contribution in [0.5, 0.6) is 5.75 Å². The van der Waals surface area contributed by atoms with Crippen molar-refractivity contribution in [1.29, 1.82) is 0 Å². The minimum absolute atomic E-state index is 0.316. The van der Waals surface area contributed by atoms with Gasteiger partial charge in [0.2, 0.25) is 11.9 Å². The molecule has 0 unspecified atom stereocenters. The van der Waals surface area contributed by atoms with E-state index in [1.165, 1.54) is 6.08 Å². The van der Waals surface area contributed by atoms with Gasteiger partial charge in [0.25, 0.3) is 0 Å². The standard InChI is InChI=1S/C27H36N7O3P/c1-8-26(35)30-20-17-21(23(37-5)18-22(20)34(4)16-15-33(2)3)31-27-28-14-13-25(32-27)29-19-11-9-10-12-24(19)38(6,7)36/h8-14,17-18H,1,15-16H2,2-7H3,(H,30,35)(H2,28,29,31,32). The number of carbonyl (C=O) groups excluding carboxylic acids is 1. The molecule has 0 fully saturated rings. The summed E-state index contributed by atoms with van der Waals surface area (Å²) in [6.45, 7) is 8.60. The quantitative estimate of drug-likeness (QED) is 0.229. The van der Waals surface area contributed by atoms with Crippen molar-refractivity contribution in [2.45, 2.75) is 0 Å². The molecule has 1 amide bonds. The van der Waals surface area contributed by atoms with E-state index >= 15 is 0 Å². The Morgan fingerprint density at radius 2 is 1.79 bits per heavy atom. The van der Waals surface area contributed by atoms with Crippen LogP contribution in [0.1, 0.15) is 0 Å². The highest BCUT2D eigenvalue weighted by Gasteiger charge is 2.18. The molecular formula is C27H36N7O3P. The van der Waals surface area contributed by atoms with E-state index in [1.807, 2.05) is 56.4 Å². The fraction of sp³-hybridized carbons (Fsp3) is 0.296. The highest BCUT2D eigenvalue weighted by molar-refractivity contribution is 7.70. The van der Waals surface area contributed by atoms with Gasteiger partial charge < -0.3 is 35.1 Å². The van der Waals surface area contributed by atoms with E-state index < -0.39 is 7.14 Å². The minimum Gasteiger partial charge on any atom is -0.494 e. The number of hydrogen-bond donors (Lipinski definition) is 3. The Hall–Kier alpha value is -3.88. The first-order valence-corrected chi connectivity index (χ1v) is 14.6. The zero-order valence-electron chi connectivity index (χ0n) is 22.8. The second-order valence-electron chi connectivity index (χ2n) is 9.37. The van der Waals surface area contributed by atoms with Crippen LogP contribution in [0.2, 0.25) is 0 Å². The second-order valence-corrected chi connectivity index (χ2v) is 12.6. The fourth-order valence-electron chi connectivity index (χ4n) is 3.70. The zero-order chi connectivity index (χ0) is 27.9. The molecule has 0 aliphatic carbocycles. The van der Waals surface area contributed by atoms with Crippen LogP contribution in [0.25, 0.3) is 0 Å². The van der Waals surface area contributed by atoms with Gasteiger partial charge in [-0.25, -0.2) is 4.98 Å². The summed E-state index contributed by atoms with van der Waals surface area (Å²) in [7, 11) is 5.05. The lowest BCUT2D eigenvalue weighted by molar-refractivity contribution is -0.111. The number of amides is 1. The number of nitrogens with one attached hydrogen (secondary N) is 3. The summed E-state index contributed by atoms with van der Waals surface area (Å²) in [5, 5.41) is 10.1. The molecule has 0 saturated carbocycles. The molecule has 1 aromatic heterocycles. The van der Waals surface area contributed by atoms with Crippen molar-refractivity contribution >= 4 is 52.9 Å². The van der Waals surface area contributed by atoms with Gasteiger partial charge in [-0.3, -0.25) is 4.79 Å². The molecule has 0 bridgehead atoms. The van der Waals surface area contributed by atoms with Crippen molar-refractivity contribution in [2.75, 3.05) is 75.5 Å². The number of aromatic nitrogens is 2. The number of methoxy groups -OCH3 is 1. The molecule has 10 nitrogen and oxygen atoms in total. The monoisotopic (exact) mass is 537 g/mol. The zero-order valence-corrected chi connectivity index (χ0v) is 23.7. The lowest BCUT2D eigenvalue weighted by Crippen LogP contribution is -2.29. The molecule has 38 heavy (non-hydrogen) atoms. The molecule has 2 aromatic carbocycles. The molecule has 1 heterocycles. The van der Waals surface area contributed by atoms with Crippen LogP contribution in [0.15, 0.2) is 61.3 Å². The third kappa shape index (κ3) is 7.57. The molecule has 3 rings (SSSR count). The van der Waals surface area contributed by atoms with Crippen LogP contribution in [0.3, 0.4) is 0 Å². The summed E-state index contributed by atoms with van der Waals surface area (Å²) in [6.07, 6.45) is 2.84. The van der Waals surface area contributed by atoms with Crippen LogP contribution in [-0.2, 0) is 9.36 Å². The van der Waals surface area contributed by atoms with Gasteiger partial charge in [0.1, 0.15) is 18.7 Å². The first kappa shape index (κ1) is 28.7. The smallest absolute Gasteiger partial charge is 0.247 e. The highest BCUT2D eigenvalue weighted by Crippen LogP contribution is 2.39. The summed E-state index contributed by atoms with van der Waals surface area (Å²) in [4.78, 5) is 25.3. The van der Waals surface area contributed by atoms with E-state index in [-0.39, 0.29) is 5.91 Å². The van der Waals surface area contributed by atoms with Gasteiger partial charge in [0.15, 0.2) is 0 Å². The van der Waals surface area contributed by atoms with Crippen molar-refractivity contribution in [3.05, 3.63) is 61.3 Å². The van der Waals surface area contributed by atoms with Gasteiger partial charge >= 0.3 is 0 Å². The molecule has 3 aromatic rings. The van der Waals surface area contributed by atoms with Crippen molar-refractivity contribution in [3.8, 4) is 5.75 Å². The predicted octanol–water partition coefficient (Wildman–Crippen LogP) is 4.34. The van der Waals surface area contributed by atoms with Crippen molar-refractivity contribution in [3.63, 3.8) is 0 Å². The van der Waals surface area contributed by atoms with E-state index in [1.54, 1.807) is 38.8 Å². The van der Waals surface area contributed by atoms with E-state index in [9.17, 15) is 9.36 Å². The van der Waals surface area contributed by atoms with Gasteiger partial charge in [0.05, 0.1) is 29.9 Å². The molecule has 0 radical (unpaired) electrons. The SMILES string of the molecule is C=CC(=O)Nc1cc(Nc2nccc(Nc3ccccc3P(C)(C)=O)n2)c(OC)cc1N(C)CCN(C)C. The Balaban J connectivity index is 1.94. The maximum Gasteiger partial charge on any atom is 0.247 e. The normalized spacial score (nSPS) is 11.1. The average Bonchev–Trinajstić information content (AvgIpc) is 2.87. The van der Waals surface area contributed by atoms with Crippen molar-refractivity contribution < 1.29 is 14.1 Å². The van der Waals surface area contributed by atoms with Crippen LogP contribution < -0.4 is 30.9 Å². The molecule has 202 valence electrons. The molecule has 11 heteroatoms. The summed E-state index contributed by atoms with van der Waals surface area (Å²) < 4.78 is 18.4. The summed E-state index contributed by atoms with van der Waals surface area (Å²) >= 11 is 0. The number of ether oxygens (including phenoxy) is 1. The van der Waals surface area contributed by atoms with Crippen LogP contribution in [0.4, 0.5) is 34.5 Å². The van der Waals surface area contributed by atoms with Gasteiger partial charge in [-0.15, -0.1) is 0 Å². The Bertz CT molecular complexity index is 1340. The van der Waals surface area contributed by atoms with Crippen LogP contribution in [-0.4, -0.2) is 75.4 Å². The summed E-state index contributed by atoms with van der Waals surface area (Å²) in [5.41, 5.74) is 2.67. The predicted molar refractivity (Wildman–Crippen MR) is 158 cm³/mol. The summed E-state index contributed by atoms with van der Waals surface area (Å²) in [6, 6.07) is 12.8. The molecule has 0 atom stereocenters. The third-order valence-corrected chi connectivity index (χ3v) is 7.25. The number of para-hydroxylation sites is 1. The maximum atomic E-state index is 12.7. The van der Waals surface area contributed by atoms with E-state index in [2.05, 4.69) is 37.4 Å². The van der Waals surface area contributed by atoms with Gasteiger partial charge in [0, 0.05) is 37.7 Å². The Kier molecular flexibility index (Phi) is 9.50. The maximum absolute atomic E-state index is 12.7. The number of benzene rings is 2. The van der Waals surface area contributed by atoms with Crippen LogP contribution >= 0.6 is 7.14 Å². The number of carbonyl (C=O) groups is 1. The number of rotatable bonds is 12.